The van der Waals surface area contributed by atoms with Crippen LogP contribution in [0.2, 0.25) is 0 Å². The molecule has 0 amide bonds. The maximum atomic E-state index is 14.4. The highest BCUT2D eigenvalue weighted by Gasteiger charge is 2.72. The summed E-state index contributed by atoms with van der Waals surface area (Å²) in [5, 5.41) is 0. The number of anilines is 4. The number of ether oxygens (including phenoxy) is 4. The molecule has 0 aliphatic heterocycles. The second-order valence-corrected chi connectivity index (χ2v) is 13.0. The maximum Gasteiger partial charge on any atom is 0.411 e. The Morgan fingerprint density at radius 1 is 0.288 bits per heavy atom. The van der Waals surface area contributed by atoms with E-state index in [9.17, 15) is 26.3 Å². The molecule has 0 spiro atoms. The van der Waals surface area contributed by atoms with E-state index >= 15 is 0 Å². The van der Waals surface area contributed by atoms with Crippen LogP contribution in [0.25, 0.3) is 0 Å². The Bertz CT molecular complexity index is 2270. The van der Waals surface area contributed by atoms with Gasteiger partial charge < -0.3 is 41.9 Å². The van der Waals surface area contributed by atoms with E-state index in [0.717, 1.165) is 48.5 Å². The van der Waals surface area contributed by atoms with Crippen molar-refractivity contribution in [3.63, 3.8) is 0 Å². The fourth-order valence-corrected chi connectivity index (χ4v) is 5.88. The van der Waals surface area contributed by atoms with Gasteiger partial charge >= 0.3 is 12.4 Å². The summed E-state index contributed by atoms with van der Waals surface area (Å²) in [5.74, 6) is 3.57. The van der Waals surface area contributed by atoms with Crippen molar-refractivity contribution in [3.8, 4) is 46.0 Å². The van der Waals surface area contributed by atoms with Gasteiger partial charge in [-0.3, -0.25) is 0 Å². The molecule has 0 radical (unpaired) electrons. The summed E-state index contributed by atoms with van der Waals surface area (Å²) in [7, 11) is 0. The number of halogens is 6. The highest BCUT2D eigenvalue weighted by Crippen LogP contribution is 2.56. The Hall–Kier alpha value is -7.48. The molecule has 14 heteroatoms. The molecule has 0 atom stereocenters. The van der Waals surface area contributed by atoms with Crippen LogP contribution in [0.3, 0.4) is 0 Å². The molecule has 0 aromatic heterocycles. The van der Waals surface area contributed by atoms with Crippen molar-refractivity contribution in [2.24, 2.45) is 0 Å². The first-order valence-electron chi connectivity index (χ1n) is 17.7. The number of rotatable bonds is 10. The molecule has 0 bridgehead atoms. The van der Waals surface area contributed by atoms with Crippen LogP contribution >= 0.6 is 0 Å². The first-order chi connectivity index (χ1) is 28.1. The molecule has 0 unspecified atom stereocenters. The molecular formula is C45H36F6N4O4. The number of alkyl halides is 6. The molecule has 7 rings (SSSR count). The van der Waals surface area contributed by atoms with Crippen molar-refractivity contribution in [1.82, 2.24) is 0 Å². The molecule has 0 aliphatic carbocycles. The van der Waals surface area contributed by atoms with Gasteiger partial charge in [0.25, 0.3) is 0 Å². The smallest absolute Gasteiger partial charge is 0.411 e. The largest absolute Gasteiger partial charge is 0.457 e. The second kappa shape index (κ2) is 17.3. The van der Waals surface area contributed by atoms with Crippen molar-refractivity contribution < 1.29 is 45.3 Å². The van der Waals surface area contributed by atoms with Crippen LogP contribution in [-0.4, -0.2) is 12.4 Å². The van der Waals surface area contributed by atoms with E-state index in [2.05, 4.69) is 0 Å². The predicted molar refractivity (Wildman–Crippen MR) is 216 cm³/mol. The lowest BCUT2D eigenvalue weighted by atomic mass is 9.73. The van der Waals surface area contributed by atoms with E-state index in [1.54, 1.807) is 36.4 Å². The molecule has 7 aromatic carbocycles. The van der Waals surface area contributed by atoms with Gasteiger partial charge in [0, 0.05) is 34.9 Å². The first kappa shape index (κ1) is 41.2. The number of nitrogen functional groups attached to an aromatic ring is 4. The van der Waals surface area contributed by atoms with Crippen molar-refractivity contribution in [2.45, 2.75) is 17.8 Å². The predicted octanol–water partition coefficient (Wildman–Crippen LogP) is 12.3. The molecule has 0 aliphatic rings. The van der Waals surface area contributed by atoms with Gasteiger partial charge in [-0.05, 0) is 132 Å². The molecule has 0 saturated carbocycles. The summed E-state index contributed by atoms with van der Waals surface area (Å²) in [6.45, 7) is 0. The molecule has 59 heavy (non-hydrogen) atoms. The quantitative estimate of drug-likeness (QED) is 0.0790. The summed E-state index contributed by atoms with van der Waals surface area (Å²) in [5.41, 5.74) is 18.6. The summed E-state index contributed by atoms with van der Waals surface area (Å²) < 4.78 is 109. The van der Waals surface area contributed by atoms with Gasteiger partial charge in [-0.15, -0.1) is 0 Å². The zero-order valence-electron chi connectivity index (χ0n) is 30.9. The lowest BCUT2D eigenvalue weighted by Crippen LogP contribution is -2.54. The van der Waals surface area contributed by atoms with Gasteiger partial charge in [0.2, 0.25) is 5.41 Å². The summed E-state index contributed by atoms with van der Waals surface area (Å²) in [4.78, 5) is 0. The summed E-state index contributed by atoms with van der Waals surface area (Å²) in [6.07, 6.45) is -11.4. The highest BCUT2D eigenvalue weighted by molar-refractivity contribution is 5.51. The van der Waals surface area contributed by atoms with Gasteiger partial charge in [0.05, 0.1) is 0 Å². The molecule has 302 valence electrons. The summed E-state index contributed by atoms with van der Waals surface area (Å²) in [6, 6.07) is 41.4. The highest BCUT2D eigenvalue weighted by atomic mass is 19.4. The molecule has 0 heterocycles. The second-order valence-electron chi connectivity index (χ2n) is 13.0. The third-order valence-corrected chi connectivity index (χ3v) is 8.67. The third-order valence-electron chi connectivity index (χ3n) is 8.67. The van der Waals surface area contributed by atoms with Crippen LogP contribution in [0.1, 0.15) is 11.1 Å². The zero-order chi connectivity index (χ0) is 42.2. The van der Waals surface area contributed by atoms with Crippen LogP contribution < -0.4 is 41.9 Å². The third kappa shape index (κ3) is 10.1. The number of hydrogen-bond donors (Lipinski definition) is 4. The Balaban J connectivity index is 0.000000226. The monoisotopic (exact) mass is 810 g/mol. The lowest BCUT2D eigenvalue weighted by molar-refractivity contribution is -0.288. The summed E-state index contributed by atoms with van der Waals surface area (Å²) >= 11 is 0. The Morgan fingerprint density at radius 2 is 0.542 bits per heavy atom. The van der Waals surface area contributed by atoms with Crippen LogP contribution in [0.4, 0.5) is 49.1 Å². The maximum absolute atomic E-state index is 14.4. The first-order valence-corrected chi connectivity index (χ1v) is 17.7. The molecule has 0 saturated heterocycles. The Morgan fingerprint density at radius 3 is 0.814 bits per heavy atom. The molecular weight excluding hydrogens is 775 g/mol. The Kier molecular flexibility index (Phi) is 12.1. The van der Waals surface area contributed by atoms with E-state index in [4.69, 9.17) is 41.9 Å². The van der Waals surface area contributed by atoms with Crippen molar-refractivity contribution >= 4 is 22.7 Å². The molecule has 8 nitrogen and oxygen atoms in total. The number of hydrogen-bond acceptors (Lipinski definition) is 8. The van der Waals surface area contributed by atoms with Gasteiger partial charge in [-0.2, -0.15) is 26.3 Å². The standard InChI is InChI=1S/C27H20F6N2O2.C18H16N2O2/c28-26(29,30)25(27(31,32)33,17-1-9-21(10-2-17)36-23-13-5-19(34)6-14-23)18-3-11-22(12-4-18)37-24-15-7-20(35)8-16-24;19-13-3-1-5-17(11-13)21-15-7-9-16(10-8-15)22-18-6-2-4-14(20)12-18/h1-16H,34-35H2;1-12H,19-20H2. The topological polar surface area (TPSA) is 141 Å². The van der Waals surface area contributed by atoms with Crippen LogP contribution in [-0.2, 0) is 5.41 Å². The van der Waals surface area contributed by atoms with E-state index in [1.165, 1.54) is 24.3 Å². The van der Waals surface area contributed by atoms with Gasteiger partial charge in [-0.25, -0.2) is 0 Å². The average Bonchev–Trinajstić information content (AvgIpc) is 3.18. The Labute approximate surface area is 335 Å². The molecule has 8 N–H and O–H groups in total. The van der Waals surface area contributed by atoms with Gasteiger partial charge in [-0.1, -0.05) is 36.4 Å². The van der Waals surface area contributed by atoms with Crippen molar-refractivity contribution in [2.75, 3.05) is 22.9 Å². The van der Waals surface area contributed by atoms with Crippen LogP contribution in [0.5, 0.6) is 46.0 Å². The molecule has 0 fully saturated rings. The van der Waals surface area contributed by atoms with E-state index in [0.29, 0.717) is 57.2 Å². The van der Waals surface area contributed by atoms with Gasteiger partial charge in [0.15, 0.2) is 0 Å². The van der Waals surface area contributed by atoms with Gasteiger partial charge in [0.1, 0.15) is 46.0 Å². The fraction of sp³-hybridized carbons (Fsp3) is 0.0667. The minimum absolute atomic E-state index is 0.0546. The number of nitrogens with two attached hydrogens (primary N) is 4. The van der Waals surface area contributed by atoms with Crippen molar-refractivity contribution in [3.05, 3.63) is 181 Å². The average molecular weight is 811 g/mol. The van der Waals surface area contributed by atoms with E-state index < -0.39 is 28.9 Å². The van der Waals surface area contributed by atoms with Crippen LogP contribution in [0, 0.1) is 0 Å². The van der Waals surface area contributed by atoms with Crippen molar-refractivity contribution in [1.29, 1.82) is 0 Å². The lowest BCUT2D eigenvalue weighted by Gasteiger charge is -2.38. The molecule has 7 aromatic rings. The fourth-order valence-electron chi connectivity index (χ4n) is 5.88. The minimum atomic E-state index is -5.72. The van der Waals surface area contributed by atoms with E-state index in [-0.39, 0.29) is 11.5 Å². The zero-order valence-corrected chi connectivity index (χ0v) is 30.9. The van der Waals surface area contributed by atoms with E-state index in [1.807, 2.05) is 60.7 Å². The SMILES string of the molecule is Nc1ccc(Oc2ccc(C(c3ccc(Oc4ccc(N)cc4)cc3)(C(F)(F)F)C(F)(F)F)cc2)cc1.Nc1cccc(Oc2ccc(Oc3cccc(N)c3)cc2)c1. The normalized spacial score (nSPS) is 11.5. The van der Waals surface area contributed by atoms with Crippen LogP contribution in [0.15, 0.2) is 170 Å². The minimum Gasteiger partial charge on any atom is -0.457 e. The number of benzene rings is 7.